The quantitative estimate of drug-likeness (QED) is 0.624. The molecule has 0 saturated heterocycles. The van der Waals surface area contributed by atoms with E-state index in [1.165, 1.54) is 22.5 Å². The minimum atomic E-state index is 0.0908. The summed E-state index contributed by atoms with van der Waals surface area (Å²) in [6, 6.07) is 10.6. The molecule has 0 fully saturated rings. The summed E-state index contributed by atoms with van der Waals surface area (Å²) >= 11 is 8.38. The summed E-state index contributed by atoms with van der Waals surface area (Å²) in [5, 5.41) is 0. The maximum absolute atomic E-state index is 12.7. The molecule has 1 atom stereocenters. The Morgan fingerprint density at radius 1 is 1.33 bits per heavy atom. The SMILES string of the molecule is CN(C(=O)c1cc(Br)c(Br)s1)C1CCCc2ccccc21. The normalized spacial score (nSPS) is 17.4. The highest BCUT2D eigenvalue weighted by Crippen LogP contribution is 2.37. The van der Waals surface area contributed by atoms with E-state index in [0.29, 0.717) is 0 Å². The van der Waals surface area contributed by atoms with Gasteiger partial charge in [0.15, 0.2) is 0 Å². The van der Waals surface area contributed by atoms with Crippen LogP contribution in [0.3, 0.4) is 0 Å². The number of nitrogens with zero attached hydrogens (tertiary/aromatic N) is 1. The fourth-order valence-electron chi connectivity index (χ4n) is 2.90. The first kappa shape index (κ1) is 15.3. The monoisotopic (exact) mass is 427 g/mol. The highest BCUT2D eigenvalue weighted by atomic mass is 79.9. The first-order valence-corrected chi connectivity index (χ1v) is 9.28. The van der Waals surface area contributed by atoms with Crippen molar-refractivity contribution in [1.29, 1.82) is 0 Å². The molecular formula is C16H15Br2NOS. The number of rotatable bonds is 2. The zero-order chi connectivity index (χ0) is 15.0. The third-order valence-electron chi connectivity index (χ3n) is 3.98. The van der Waals surface area contributed by atoms with E-state index in [2.05, 4.69) is 56.1 Å². The molecule has 21 heavy (non-hydrogen) atoms. The van der Waals surface area contributed by atoms with Crippen LogP contribution in [0.2, 0.25) is 0 Å². The first-order valence-electron chi connectivity index (χ1n) is 6.87. The van der Waals surface area contributed by atoms with Crippen molar-refractivity contribution in [3.63, 3.8) is 0 Å². The molecular weight excluding hydrogens is 414 g/mol. The number of fused-ring (bicyclic) bond motifs is 1. The molecule has 1 heterocycles. The fourth-order valence-corrected chi connectivity index (χ4v) is 4.92. The van der Waals surface area contributed by atoms with Gasteiger partial charge in [0.1, 0.15) is 0 Å². The van der Waals surface area contributed by atoms with E-state index >= 15 is 0 Å². The van der Waals surface area contributed by atoms with Crippen molar-refractivity contribution in [2.24, 2.45) is 0 Å². The average molecular weight is 429 g/mol. The minimum Gasteiger partial charge on any atom is -0.334 e. The van der Waals surface area contributed by atoms with E-state index in [0.717, 1.165) is 32.4 Å². The number of aryl methyl sites for hydroxylation is 1. The Morgan fingerprint density at radius 2 is 2.10 bits per heavy atom. The minimum absolute atomic E-state index is 0.0908. The molecule has 0 spiro atoms. The molecule has 1 amide bonds. The lowest BCUT2D eigenvalue weighted by Gasteiger charge is -2.33. The van der Waals surface area contributed by atoms with Crippen LogP contribution in [0.4, 0.5) is 0 Å². The Kier molecular flexibility index (Phi) is 4.52. The molecule has 0 aliphatic heterocycles. The Hall–Kier alpha value is -0.650. The van der Waals surface area contributed by atoms with Gasteiger partial charge >= 0.3 is 0 Å². The largest absolute Gasteiger partial charge is 0.334 e. The molecule has 2 aromatic rings. The number of amides is 1. The second-order valence-corrected chi connectivity index (χ2v) is 8.48. The molecule has 5 heteroatoms. The van der Waals surface area contributed by atoms with Crippen molar-refractivity contribution in [3.8, 4) is 0 Å². The molecule has 1 aliphatic rings. The second kappa shape index (κ2) is 6.23. The van der Waals surface area contributed by atoms with Gasteiger partial charge in [0.2, 0.25) is 0 Å². The van der Waals surface area contributed by atoms with Gasteiger partial charge in [-0.2, -0.15) is 0 Å². The maximum Gasteiger partial charge on any atom is 0.264 e. The van der Waals surface area contributed by atoms with E-state index in [4.69, 9.17) is 0 Å². The lowest BCUT2D eigenvalue weighted by molar-refractivity contribution is 0.0720. The molecule has 1 aromatic carbocycles. The number of halogens is 2. The zero-order valence-corrected chi connectivity index (χ0v) is 15.6. The summed E-state index contributed by atoms with van der Waals surface area (Å²) < 4.78 is 1.90. The second-order valence-electron chi connectivity index (χ2n) is 5.26. The van der Waals surface area contributed by atoms with Gasteiger partial charge in [-0.3, -0.25) is 4.79 Å². The van der Waals surface area contributed by atoms with E-state index < -0.39 is 0 Å². The molecule has 2 nitrogen and oxygen atoms in total. The van der Waals surface area contributed by atoms with Crippen LogP contribution in [-0.4, -0.2) is 17.9 Å². The van der Waals surface area contributed by atoms with Crippen LogP contribution < -0.4 is 0 Å². The predicted molar refractivity (Wildman–Crippen MR) is 93.9 cm³/mol. The van der Waals surface area contributed by atoms with Crippen LogP contribution in [0.15, 0.2) is 38.6 Å². The standard InChI is InChI=1S/C16H15Br2NOS/c1-19(16(20)14-9-12(17)15(18)21-14)13-8-4-6-10-5-2-3-7-11(10)13/h2-3,5,7,9,13H,4,6,8H2,1H3. The van der Waals surface area contributed by atoms with Crippen LogP contribution in [0.25, 0.3) is 0 Å². The van der Waals surface area contributed by atoms with Gasteiger partial charge in [-0.05, 0) is 68.3 Å². The lowest BCUT2D eigenvalue weighted by Crippen LogP contribution is -2.32. The molecule has 1 unspecified atom stereocenters. The third-order valence-corrected chi connectivity index (χ3v) is 7.23. The Labute approximate surface area is 145 Å². The average Bonchev–Trinajstić information content (AvgIpc) is 2.84. The molecule has 1 aliphatic carbocycles. The van der Waals surface area contributed by atoms with E-state index in [1.807, 2.05) is 18.0 Å². The summed E-state index contributed by atoms with van der Waals surface area (Å²) in [7, 11) is 1.91. The van der Waals surface area contributed by atoms with Gasteiger partial charge in [-0.25, -0.2) is 0 Å². The summed E-state index contributed by atoms with van der Waals surface area (Å²) in [6.45, 7) is 0. The molecule has 0 saturated carbocycles. The highest BCUT2D eigenvalue weighted by molar-refractivity contribution is 9.13. The Bertz CT molecular complexity index is 663. The third kappa shape index (κ3) is 2.96. The summed E-state index contributed by atoms with van der Waals surface area (Å²) in [4.78, 5) is 15.4. The number of carbonyl (C=O) groups excluding carboxylic acids is 1. The molecule has 0 bridgehead atoms. The number of benzene rings is 1. The first-order chi connectivity index (χ1) is 10.1. The van der Waals surface area contributed by atoms with Crippen LogP contribution in [-0.2, 0) is 6.42 Å². The number of carbonyl (C=O) groups is 1. The summed E-state index contributed by atoms with van der Waals surface area (Å²) in [5.41, 5.74) is 2.68. The van der Waals surface area contributed by atoms with Gasteiger partial charge in [-0.15, -0.1) is 11.3 Å². The number of hydrogen-bond donors (Lipinski definition) is 0. The van der Waals surface area contributed by atoms with Crippen molar-refractivity contribution < 1.29 is 4.79 Å². The van der Waals surface area contributed by atoms with Gasteiger partial charge in [-0.1, -0.05) is 24.3 Å². The van der Waals surface area contributed by atoms with Crippen molar-refractivity contribution >= 4 is 49.1 Å². The fraction of sp³-hybridized carbons (Fsp3) is 0.312. The van der Waals surface area contributed by atoms with Crippen molar-refractivity contribution in [3.05, 3.63) is 54.6 Å². The van der Waals surface area contributed by atoms with Gasteiger partial charge in [0.05, 0.1) is 14.7 Å². The summed E-state index contributed by atoms with van der Waals surface area (Å²) in [6.07, 6.45) is 3.29. The van der Waals surface area contributed by atoms with Crippen LogP contribution in [0, 0.1) is 0 Å². The van der Waals surface area contributed by atoms with Crippen molar-refractivity contribution in [2.75, 3.05) is 7.05 Å². The molecule has 3 rings (SSSR count). The smallest absolute Gasteiger partial charge is 0.264 e. The van der Waals surface area contributed by atoms with Crippen molar-refractivity contribution in [2.45, 2.75) is 25.3 Å². The zero-order valence-electron chi connectivity index (χ0n) is 11.6. The topological polar surface area (TPSA) is 20.3 Å². The van der Waals surface area contributed by atoms with E-state index in [-0.39, 0.29) is 11.9 Å². The summed E-state index contributed by atoms with van der Waals surface area (Å²) in [5.74, 6) is 0.0908. The maximum atomic E-state index is 12.7. The van der Waals surface area contributed by atoms with E-state index in [1.54, 1.807) is 0 Å². The van der Waals surface area contributed by atoms with Crippen LogP contribution in [0.5, 0.6) is 0 Å². The predicted octanol–water partition coefficient (Wildman–Crippen LogP) is 5.42. The number of thiophene rings is 1. The van der Waals surface area contributed by atoms with E-state index in [9.17, 15) is 4.79 Å². The lowest BCUT2D eigenvalue weighted by atomic mass is 9.87. The van der Waals surface area contributed by atoms with Crippen LogP contribution >= 0.6 is 43.2 Å². The Morgan fingerprint density at radius 3 is 2.81 bits per heavy atom. The molecule has 110 valence electrons. The van der Waals surface area contributed by atoms with Gasteiger partial charge < -0.3 is 4.90 Å². The number of hydrogen-bond acceptors (Lipinski definition) is 2. The van der Waals surface area contributed by atoms with Gasteiger partial charge in [0.25, 0.3) is 5.91 Å². The van der Waals surface area contributed by atoms with Gasteiger partial charge in [0, 0.05) is 11.5 Å². The molecule has 0 radical (unpaired) electrons. The highest BCUT2D eigenvalue weighted by Gasteiger charge is 2.28. The Balaban J connectivity index is 1.89. The molecule has 0 N–H and O–H groups in total. The van der Waals surface area contributed by atoms with Crippen LogP contribution in [0.1, 0.15) is 39.7 Å². The molecule has 1 aromatic heterocycles. The van der Waals surface area contributed by atoms with Crippen molar-refractivity contribution in [1.82, 2.24) is 4.90 Å².